The van der Waals surface area contributed by atoms with Crippen LogP contribution in [-0.4, -0.2) is 31.1 Å². The van der Waals surface area contributed by atoms with E-state index in [1.165, 1.54) is 0 Å². The maximum absolute atomic E-state index is 11.6. The number of carbonyl (C=O) groups excluding carboxylic acids is 1. The molecule has 0 fully saturated rings. The predicted molar refractivity (Wildman–Crippen MR) is 62.6 cm³/mol. The van der Waals surface area contributed by atoms with E-state index < -0.39 is 5.97 Å². The van der Waals surface area contributed by atoms with Gasteiger partial charge in [-0.05, 0) is 5.56 Å². The van der Waals surface area contributed by atoms with E-state index in [4.69, 9.17) is 10.00 Å². The van der Waals surface area contributed by atoms with Crippen LogP contribution in [0.15, 0.2) is 35.9 Å². The summed E-state index contributed by atoms with van der Waals surface area (Å²) in [7, 11) is 1.85. The Bertz CT molecular complexity index is 500. The second kappa shape index (κ2) is 4.71. The van der Waals surface area contributed by atoms with Crippen LogP contribution in [0.5, 0.6) is 0 Å². The summed E-state index contributed by atoms with van der Waals surface area (Å²) >= 11 is 0. The molecule has 0 spiro atoms. The average molecular weight is 228 g/mol. The van der Waals surface area contributed by atoms with Crippen LogP contribution in [0.4, 0.5) is 0 Å². The number of esters is 1. The molecule has 1 aromatic carbocycles. The van der Waals surface area contributed by atoms with Crippen molar-refractivity contribution in [3.05, 3.63) is 41.5 Å². The van der Waals surface area contributed by atoms with Gasteiger partial charge in [-0.2, -0.15) is 5.26 Å². The lowest BCUT2D eigenvalue weighted by Gasteiger charge is -2.20. The average Bonchev–Trinajstić information content (AvgIpc) is 2.49. The Morgan fingerprint density at radius 1 is 1.35 bits per heavy atom. The van der Waals surface area contributed by atoms with Crippen LogP contribution in [0.1, 0.15) is 5.56 Å². The lowest BCUT2D eigenvalue weighted by molar-refractivity contribution is -0.138. The number of rotatable bonds is 1. The lowest BCUT2D eigenvalue weighted by Crippen LogP contribution is -2.20. The highest BCUT2D eigenvalue weighted by molar-refractivity contribution is 6.01. The molecule has 1 aliphatic heterocycles. The standard InChI is InChI=1S/C13H12N2O2/c1-15-7-8-17-13(16)11(9-14)12(15)10-5-3-2-4-6-10/h2-6H,7-8H2,1H3. The van der Waals surface area contributed by atoms with Crippen molar-refractivity contribution in [1.82, 2.24) is 4.90 Å². The van der Waals surface area contributed by atoms with E-state index in [1.54, 1.807) is 0 Å². The van der Waals surface area contributed by atoms with Crippen LogP contribution in [0, 0.1) is 11.3 Å². The number of hydrogen-bond donors (Lipinski definition) is 0. The molecule has 0 bridgehead atoms. The van der Waals surface area contributed by atoms with Gasteiger partial charge in [-0.25, -0.2) is 4.79 Å². The normalized spacial score (nSPS) is 16.2. The first kappa shape index (κ1) is 11.2. The van der Waals surface area contributed by atoms with Crippen molar-refractivity contribution in [1.29, 1.82) is 5.26 Å². The van der Waals surface area contributed by atoms with Gasteiger partial charge in [-0.15, -0.1) is 0 Å². The second-order valence-electron chi connectivity index (χ2n) is 3.76. The van der Waals surface area contributed by atoms with E-state index in [2.05, 4.69) is 0 Å². The Balaban J connectivity index is 2.58. The number of ether oxygens (including phenoxy) is 1. The van der Waals surface area contributed by atoms with Crippen molar-refractivity contribution < 1.29 is 9.53 Å². The summed E-state index contributed by atoms with van der Waals surface area (Å²) in [6.07, 6.45) is 0. The smallest absolute Gasteiger partial charge is 0.351 e. The molecule has 86 valence electrons. The van der Waals surface area contributed by atoms with E-state index in [0.717, 1.165) is 5.56 Å². The Hall–Kier alpha value is -2.28. The van der Waals surface area contributed by atoms with Crippen LogP contribution >= 0.6 is 0 Å². The number of hydrogen-bond acceptors (Lipinski definition) is 4. The Labute approximate surface area is 99.7 Å². The molecule has 0 saturated heterocycles. The first-order chi connectivity index (χ1) is 8.24. The van der Waals surface area contributed by atoms with Gasteiger partial charge in [-0.1, -0.05) is 30.3 Å². The molecule has 1 aliphatic rings. The molecule has 0 aromatic heterocycles. The third-order valence-corrected chi connectivity index (χ3v) is 2.64. The van der Waals surface area contributed by atoms with Crippen molar-refractivity contribution >= 4 is 11.7 Å². The summed E-state index contributed by atoms with van der Waals surface area (Å²) in [6, 6.07) is 11.3. The minimum Gasteiger partial charge on any atom is -0.460 e. The van der Waals surface area contributed by atoms with Gasteiger partial charge in [-0.3, -0.25) is 0 Å². The third kappa shape index (κ3) is 2.13. The van der Waals surface area contributed by atoms with Crippen molar-refractivity contribution in [2.45, 2.75) is 0 Å². The Kier molecular flexibility index (Phi) is 3.10. The first-order valence-corrected chi connectivity index (χ1v) is 5.32. The van der Waals surface area contributed by atoms with Crippen molar-refractivity contribution in [2.75, 3.05) is 20.2 Å². The summed E-state index contributed by atoms with van der Waals surface area (Å²) in [5.41, 5.74) is 1.55. The fourth-order valence-electron chi connectivity index (χ4n) is 1.81. The van der Waals surface area contributed by atoms with E-state index in [9.17, 15) is 4.79 Å². The fraction of sp³-hybridized carbons (Fsp3) is 0.231. The molecule has 0 unspecified atom stereocenters. The maximum atomic E-state index is 11.6. The van der Waals surface area contributed by atoms with E-state index >= 15 is 0 Å². The van der Waals surface area contributed by atoms with Crippen molar-refractivity contribution in [3.8, 4) is 6.07 Å². The second-order valence-corrected chi connectivity index (χ2v) is 3.76. The van der Waals surface area contributed by atoms with Crippen LogP contribution in [0.25, 0.3) is 5.70 Å². The van der Waals surface area contributed by atoms with E-state index in [-0.39, 0.29) is 5.57 Å². The summed E-state index contributed by atoms with van der Waals surface area (Å²) in [6.45, 7) is 0.887. The highest BCUT2D eigenvalue weighted by Crippen LogP contribution is 2.24. The summed E-state index contributed by atoms with van der Waals surface area (Å²) in [5, 5.41) is 9.10. The molecule has 2 rings (SSSR count). The quantitative estimate of drug-likeness (QED) is 0.682. The molecular formula is C13H12N2O2. The number of cyclic esters (lactones) is 1. The molecule has 0 atom stereocenters. The number of nitrogens with zero attached hydrogens (tertiary/aromatic N) is 2. The van der Waals surface area contributed by atoms with Gasteiger partial charge >= 0.3 is 5.97 Å². The van der Waals surface area contributed by atoms with E-state index in [1.807, 2.05) is 48.3 Å². The minimum atomic E-state index is -0.546. The number of carbonyl (C=O) groups is 1. The largest absolute Gasteiger partial charge is 0.460 e. The molecule has 0 radical (unpaired) electrons. The zero-order valence-electron chi connectivity index (χ0n) is 9.51. The maximum Gasteiger partial charge on any atom is 0.351 e. The highest BCUT2D eigenvalue weighted by Gasteiger charge is 2.24. The van der Waals surface area contributed by atoms with Crippen LogP contribution in [0.3, 0.4) is 0 Å². The molecule has 1 aromatic rings. The van der Waals surface area contributed by atoms with Crippen molar-refractivity contribution in [2.24, 2.45) is 0 Å². The Morgan fingerprint density at radius 2 is 2.06 bits per heavy atom. The van der Waals surface area contributed by atoms with Gasteiger partial charge in [0.25, 0.3) is 0 Å². The molecule has 0 aliphatic carbocycles. The van der Waals surface area contributed by atoms with E-state index in [0.29, 0.717) is 18.8 Å². The number of likely N-dealkylation sites (N-methyl/N-ethyl adjacent to an activating group) is 1. The monoisotopic (exact) mass is 228 g/mol. The lowest BCUT2D eigenvalue weighted by atomic mass is 10.1. The summed E-state index contributed by atoms with van der Waals surface area (Å²) in [4.78, 5) is 13.5. The zero-order valence-corrected chi connectivity index (χ0v) is 9.51. The van der Waals surface area contributed by atoms with Crippen LogP contribution in [0.2, 0.25) is 0 Å². The molecule has 0 amide bonds. The summed E-state index contributed by atoms with van der Waals surface area (Å²) < 4.78 is 4.97. The number of nitriles is 1. The fourth-order valence-corrected chi connectivity index (χ4v) is 1.81. The Morgan fingerprint density at radius 3 is 2.71 bits per heavy atom. The van der Waals surface area contributed by atoms with Gasteiger partial charge in [0.15, 0.2) is 5.57 Å². The molecule has 17 heavy (non-hydrogen) atoms. The molecule has 0 saturated carbocycles. The highest BCUT2D eigenvalue weighted by atomic mass is 16.5. The van der Waals surface area contributed by atoms with Gasteiger partial charge in [0.1, 0.15) is 12.7 Å². The van der Waals surface area contributed by atoms with Gasteiger partial charge < -0.3 is 9.64 Å². The van der Waals surface area contributed by atoms with Gasteiger partial charge in [0.05, 0.1) is 12.2 Å². The SMILES string of the molecule is CN1CCOC(=O)C(C#N)=C1c1ccccc1. The van der Waals surface area contributed by atoms with Crippen molar-refractivity contribution in [3.63, 3.8) is 0 Å². The van der Waals surface area contributed by atoms with Crippen LogP contribution < -0.4 is 0 Å². The van der Waals surface area contributed by atoms with Gasteiger partial charge in [0, 0.05) is 7.05 Å². The third-order valence-electron chi connectivity index (χ3n) is 2.64. The summed E-state index contributed by atoms with van der Waals surface area (Å²) in [5.74, 6) is -0.546. The van der Waals surface area contributed by atoms with Crippen LogP contribution in [-0.2, 0) is 9.53 Å². The topological polar surface area (TPSA) is 53.3 Å². The molecule has 1 heterocycles. The number of benzene rings is 1. The first-order valence-electron chi connectivity index (χ1n) is 5.32. The molecule has 0 N–H and O–H groups in total. The minimum absolute atomic E-state index is 0.0659. The molecule has 4 nitrogen and oxygen atoms in total. The van der Waals surface area contributed by atoms with Gasteiger partial charge in [0.2, 0.25) is 0 Å². The zero-order chi connectivity index (χ0) is 12.3. The predicted octanol–water partition coefficient (Wildman–Crippen LogP) is 1.41. The molecular weight excluding hydrogens is 216 g/mol. The molecule has 4 heteroatoms.